The SMILES string of the molecule is Cc1cc(/C=C/C(=O)NCc2cccnc2-n2cncn2)c(C)n1-c1ccccc1. The maximum Gasteiger partial charge on any atom is 0.244 e. The highest BCUT2D eigenvalue weighted by molar-refractivity contribution is 5.91. The number of amides is 1. The van der Waals surface area contributed by atoms with Crippen LogP contribution in [0.15, 0.2) is 73.5 Å². The van der Waals surface area contributed by atoms with E-state index in [1.807, 2.05) is 36.4 Å². The van der Waals surface area contributed by atoms with Crippen LogP contribution in [0.1, 0.15) is 22.5 Å². The van der Waals surface area contributed by atoms with Crippen molar-refractivity contribution in [3.8, 4) is 11.5 Å². The van der Waals surface area contributed by atoms with Crippen LogP contribution in [0.25, 0.3) is 17.6 Å². The van der Waals surface area contributed by atoms with Crippen molar-refractivity contribution in [1.82, 2.24) is 29.6 Å². The van der Waals surface area contributed by atoms with E-state index in [2.05, 4.69) is 57.0 Å². The number of nitrogens with one attached hydrogen (secondary N) is 1. The van der Waals surface area contributed by atoms with Gasteiger partial charge in [0.25, 0.3) is 0 Å². The Kier molecular flexibility index (Phi) is 5.52. The fourth-order valence-electron chi connectivity index (χ4n) is 3.43. The molecule has 7 nitrogen and oxygen atoms in total. The molecule has 0 aliphatic heterocycles. The summed E-state index contributed by atoms with van der Waals surface area (Å²) in [6.45, 7) is 4.46. The minimum Gasteiger partial charge on any atom is -0.348 e. The summed E-state index contributed by atoms with van der Waals surface area (Å²) in [7, 11) is 0. The molecule has 1 amide bonds. The molecule has 0 saturated heterocycles. The lowest BCUT2D eigenvalue weighted by molar-refractivity contribution is -0.116. The van der Waals surface area contributed by atoms with Crippen molar-refractivity contribution in [1.29, 1.82) is 0 Å². The molecule has 0 atom stereocenters. The van der Waals surface area contributed by atoms with Crippen LogP contribution in [-0.2, 0) is 11.3 Å². The van der Waals surface area contributed by atoms with Crippen LogP contribution in [0.3, 0.4) is 0 Å². The predicted molar refractivity (Wildman–Crippen MR) is 115 cm³/mol. The molecule has 1 N–H and O–H groups in total. The van der Waals surface area contributed by atoms with E-state index in [4.69, 9.17) is 0 Å². The molecule has 3 heterocycles. The maximum atomic E-state index is 12.4. The van der Waals surface area contributed by atoms with Crippen LogP contribution < -0.4 is 5.32 Å². The molecule has 3 aromatic heterocycles. The number of carbonyl (C=O) groups excluding carboxylic acids is 1. The van der Waals surface area contributed by atoms with E-state index >= 15 is 0 Å². The molecule has 0 aliphatic rings. The molecule has 0 unspecified atom stereocenters. The fraction of sp³-hybridized carbons (Fsp3) is 0.130. The summed E-state index contributed by atoms with van der Waals surface area (Å²) in [5.41, 5.74) is 5.17. The van der Waals surface area contributed by atoms with Crippen molar-refractivity contribution in [3.05, 3.63) is 96.0 Å². The molecule has 0 radical (unpaired) electrons. The van der Waals surface area contributed by atoms with Crippen molar-refractivity contribution in [2.75, 3.05) is 0 Å². The van der Waals surface area contributed by atoms with Gasteiger partial charge < -0.3 is 9.88 Å². The Balaban J connectivity index is 1.46. The molecule has 0 saturated carbocycles. The predicted octanol–water partition coefficient (Wildman–Crippen LogP) is 3.40. The molecule has 150 valence electrons. The summed E-state index contributed by atoms with van der Waals surface area (Å²) in [6, 6.07) is 16.0. The maximum absolute atomic E-state index is 12.4. The van der Waals surface area contributed by atoms with Crippen LogP contribution in [0.2, 0.25) is 0 Å². The summed E-state index contributed by atoms with van der Waals surface area (Å²) in [5.74, 6) is 0.471. The van der Waals surface area contributed by atoms with Gasteiger partial charge in [0.15, 0.2) is 5.82 Å². The first-order valence-electron chi connectivity index (χ1n) is 9.62. The van der Waals surface area contributed by atoms with Gasteiger partial charge >= 0.3 is 0 Å². The average Bonchev–Trinajstić information content (AvgIpc) is 3.40. The van der Waals surface area contributed by atoms with Gasteiger partial charge in [0.2, 0.25) is 5.91 Å². The molecule has 30 heavy (non-hydrogen) atoms. The number of aryl methyl sites for hydroxylation is 1. The van der Waals surface area contributed by atoms with Crippen LogP contribution in [0.4, 0.5) is 0 Å². The molecular weight excluding hydrogens is 376 g/mol. The standard InChI is InChI=1S/C23H22N6O/c1-17-13-19(18(2)29(17)21-8-4-3-5-9-21)10-11-22(30)26-14-20-7-6-12-25-23(20)28-16-24-15-27-28/h3-13,15-16H,14H2,1-2H3,(H,26,30)/b11-10+. The van der Waals surface area contributed by atoms with Gasteiger partial charge in [-0.2, -0.15) is 5.10 Å². The number of aromatic nitrogens is 5. The van der Waals surface area contributed by atoms with Crippen LogP contribution in [0.5, 0.6) is 0 Å². The zero-order valence-electron chi connectivity index (χ0n) is 16.9. The summed E-state index contributed by atoms with van der Waals surface area (Å²) in [6.07, 6.45) is 8.12. The smallest absolute Gasteiger partial charge is 0.244 e. The van der Waals surface area contributed by atoms with Crippen LogP contribution in [0, 0.1) is 13.8 Å². The number of rotatable bonds is 6. The van der Waals surface area contributed by atoms with Crippen molar-refractivity contribution in [2.24, 2.45) is 0 Å². The minimum absolute atomic E-state index is 0.173. The van der Waals surface area contributed by atoms with Crippen molar-refractivity contribution in [3.63, 3.8) is 0 Å². The molecular formula is C23H22N6O. The van der Waals surface area contributed by atoms with Gasteiger partial charge in [0.1, 0.15) is 12.7 Å². The van der Waals surface area contributed by atoms with E-state index in [0.717, 1.165) is 28.2 Å². The fourth-order valence-corrected chi connectivity index (χ4v) is 3.43. The van der Waals surface area contributed by atoms with Gasteiger partial charge in [0.05, 0.1) is 0 Å². The third-order valence-electron chi connectivity index (χ3n) is 4.86. The average molecular weight is 398 g/mol. The van der Waals surface area contributed by atoms with E-state index < -0.39 is 0 Å². The highest BCUT2D eigenvalue weighted by Crippen LogP contribution is 2.21. The molecule has 0 aliphatic carbocycles. The Morgan fingerprint density at radius 3 is 2.73 bits per heavy atom. The lowest BCUT2D eigenvalue weighted by Gasteiger charge is -2.09. The van der Waals surface area contributed by atoms with E-state index in [0.29, 0.717) is 12.4 Å². The monoisotopic (exact) mass is 398 g/mol. The normalized spacial score (nSPS) is 11.1. The highest BCUT2D eigenvalue weighted by atomic mass is 16.1. The second-order valence-electron chi connectivity index (χ2n) is 6.87. The quantitative estimate of drug-likeness (QED) is 0.505. The van der Waals surface area contributed by atoms with E-state index in [-0.39, 0.29) is 5.91 Å². The van der Waals surface area contributed by atoms with E-state index in [1.54, 1.807) is 23.3 Å². The second-order valence-corrected chi connectivity index (χ2v) is 6.87. The molecule has 1 aromatic carbocycles. The summed E-state index contributed by atoms with van der Waals surface area (Å²) < 4.78 is 3.76. The zero-order chi connectivity index (χ0) is 20.9. The lowest BCUT2D eigenvalue weighted by atomic mass is 10.2. The summed E-state index contributed by atoms with van der Waals surface area (Å²) in [5, 5.41) is 7.02. The molecule has 0 spiro atoms. The first-order valence-corrected chi connectivity index (χ1v) is 9.62. The molecule has 4 aromatic rings. The third kappa shape index (κ3) is 4.05. The van der Waals surface area contributed by atoms with Gasteiger partial charge in [-0.1, -0.05) is 24.3 Å². The largest absolute Gasteiger partial charge is 0.348 e. The van der Waals surface area contributed by atoms with E-state index in [9.17, 15) is 4.79 Å². The van der Waals surface area contributed by atoms with Gasteiger partial charge in [-0.25, -0.2) is 14.6 Å². The molecule has 4 rings (SSSR count). The molecule has 0 fully saturated rings. The second kappa shape index (κ2) is 8.57. The first-order chi connectivity index (χ1) is 14.6. The Morgan fingerprint density at radius 2 is 1.97 bits per heavy atom. The van der Waals surface area contributed by atoms with Gasteiger partial charge in [-0.05, 0) is 49.8 Å². The highest BCUT2D eigenvalue weighted by Gasteiger charge is 2.10. The van der Waals surface area contributed by atoms with Crippen LogP contribution >= 0.6 is 0 Å². The van der Waals surface area contributed by atoms with E-state index in [1.165, 1.54) is 6.33 Å². The topological polar surface area (TPSA) is 77.6 Å². The molecule has 7 heteroatoms. The van der Waals surface area contributed by atoms with Crippen molar-refractivity contribution >= 4 is 12.0 Å². The number of nitrogens with zero attached hydrogens (tertiary/aromatic N) is 5. The van der Waals surface area contributed by atoms with Gasteiger partial charge in [0, 0.05) is 41.5 Å². The van der Waals surface area contributed by atoms with Crippen LogP contribution in [-0.4, -0.2) is 30.2 Å². The number of para-hydroxylation sites is 1. The Labute approximate surface area is 174 Å². The van der Waals surface area contributed by atoms with Crippen molar-refractivity contribution in [2.45, 2.75) is 20.4 Å². The Hall–Kier alpha value is -4.00. The first kappa shape index (κ1) is 19.3. The number of hydrogen-bond acceptors (Lipinski definition) is 4. The Bertz CT molecular complexity index is 1180. The number of hydrogen-bond donors (Lipinski definition) is 1. The number of carbonyl (C=O) groups is 1. The minimum atomic E-state index is -0.173. The summed E-state index contributed by atoms with van der Waals surface area (Å²) in [4.78, 5) is 20.7. The third-order valence-corrected chi connectivity index (χ3v) is 4.86. The summed E-state index contributed by atoms with van der Waals surface area (Å²) >= 11 is 0. The number of benzene rings is 1. The number of pyridine rings is 1. The Morgan fingerprint density at radius 1 is 1.13 bits per heavy atom. The van der Waals surface area contributed by atoms with Crippen molar-refractivity contribution < 1.29 is 4.79 Å². The van der Waals surface area contributed by atoms with Gasteiger partial charge in [-0.3, -0.25) is 4.79 Å². The van der Waals surface area contributed by atoms with Gasteiger partial charge in [-0.15, -0.1) is 0 Å². The lowest BCUT2D eigenvalue weighted by Crippen LogP contribution is -2.21. The molecule has 0 bridgehead atoms. The zero-order valence-corrected chi connectivity index (χ0v) is 16.9.